The maximum atomic E-state index is 11.5. The highest BCUT2D eigenvalue weighted by atomic mass is 32.2. The molecule has 16 heavy (non-hydrogen) atoms. The molecule has 0 amide bonds. The van der Waals surface area contributed by atoms with E-state index in [1.807, 2.05) is 0 Å². The Morgan fingerprint density at radius 2 is 2.06 bits per heavy atom. The lowest BCUT2D eigenvalue weighted by molar-refractivity contribution is 0.358. The molecular weight excluding hydrogens is 226 g/mol. The molecule has 0 spiro atoms. The van der Waals surface area contributed by atoms with E-state index in [0.29, 0.717) is 6.54 Å². The van der Waals surface area contributed by atoms with E-state index in [2.05, 4.69) is 0 Å². The van der Waals surface area contributed by atoms with Crippen molar-refractivity contribution in [2.45, 2.75) is 19.9 Å². The lowest BCUT2D eigenvalue weighted by Crippen LogP contribution is -2.32. The number of hydrogen-bond acceptors (Lipinski definition) is 3. The molecule has 0 heterocycles. The number of phenolic OH excluding ortho intramolecular Hbond substituents is 1. The Balaban J connectivity index is 3.05. The van der Waals surface area contributed by atoms with E-state index in [-0.39, 0.29) is 11.8 Å². The van der Waals surface area contributed by atoms with Crippen molar-refractivity contribution in [3.8, 4) is 5.75 Å². The van der Waals surface area contributed by atoms with E-state index < -0.39 is 10.0 Å². The fourth-order valence-electron chi connectivity index (χ4n) is 1.75. The Morgan fingerprint density at radius 1 is 1.44 bits per heavy atom. The van der Waals surface area contributed by atoms with E-state index in [1.165, 1.54) is 10.6 Å². The molecule has 0 aliphatic rings. The van der Waals surface area contributed by atoms with Crippen LogP contribution in [-0.4, -0.2) is 30.6 Å². The fraction of sp³-hybridized carbons (Fsp3) is 0.455. The summed E-state index contributed by atoms with van der Waals surface area (Å²) in [4.78, 5) is 0. The van der Waals surface area contributed by atoms with Crippen molar-refractivity contribution in [3.05, 3.63) is 29.8 Å². The number of nitrogens with zero attached hydrogens (tertiary/aromatic N) is 1. The fourth-order valence-corrected chi connectivity index (χ4v) is 2.91. The standard InChI is InChI=1S/C11H17NO3S/c1-4-12(16(3,14)15)9(2)10-6-5-7-11(13)8-10/h5-9,13H,4H2,1-3H3. The lowest BCUT2D eigenvalue weighted by atomic mass is 10.1. The highest BCUT2D eigenvalue weighted by Crippen LogP contribution is 2.24. The van der Waals surface area contributed by atoms with Crippen molar-refractivity contribution in [1.82, 2.24) is 4.31 Å². The molecule has 0 radical (unpaired) electrons. The third-order valence-electron chi connectivity index (χ3n) is 2.52. The van der Waals surface area contributed by atoms with Gasteiger partial charge in [-0.05, 0) is 24.6 Å². The number of aromatic hydroxyl groups is 1. The first-order valence-corrected chi connectivity index (χ1v) is 6.97. The molecule has 0 saturated carbocycles. The molecule has 1 N–H and O–H groups in total. The average molecular weight is 243 g/mol. The molecule has 1 atom stereocenters. The largest absolute Gasteiger partial charge is 0.508 e. The normalized spacial score (nSPS) is 14.0. The van der Waals surface area contributed by atoms with Crippen molar-refractivity contribution in [2.75, 3.05) is 12.8 Å². The topological polar surface area (TPSA) is 57.6 Å². The van der Waals surface area contributed by atoms with Gasteiger partial charge in [-0.3, -0.25) is 0 Å². The molecule has 0 bridgehead atoms. The van der Waals surface area contributed by atoms with Crippen LogP contribution in [0.1, 0.15) is 25.5 Å². The first-order chi connectivity index (χ1) is 7.36. The predicted octanol–water partition coefficient (Wildman–Crippen LogP) is 1.73. The maximum Gasteiger partial charge on any atom is 0.211 e. The Kier molecular flexibility index (Phi) is 3.93. The maximum absolute atomic E-state index is 11.5. The summed E-state index contributed by atoms with van der Waals surface area (Å²) in [6, 6.07) is 6.38. The van der Waals surface area contributed by atoms with Gasteiger partial charge >= 0.3 is 0 Å². The van der Waals surface area contributed by atoms with Crippen LogP contribution in [0.3, 0.4) is 0 Å². The molecule has 0 saturated heterocycles. The SMILES string of the molecule is CCN(C(C)c1cccc(O)c1)S(C)(=O)=O. The summed E-state index contributed by atoms with van der Waals surface area (Å²) in [5, 5.41) is 9.35. The van der Waals surface area contributed by atoms with Gasteiger partial charge in [0, 0.05) is 12.6 Å². The molecule has 1 unspecified atom stereocenters. The van der Waals surface area contributed by atoms with Gasteiger partial charge in [0.15, 0.2) is 0 Å². The van der Waals surface area contributed by atoms with Crippen LogP contribution in [0.25, 0.3) is 0 Å². The first kappa shape index (κ1) is 13.0. The molecule has 5 heteroatoms. The smallest absolute Gasteiger partial charge is 0.211 e. The third-order valence-corrected chi connectivity index (χ3v) is 3.95. The first-order valence-electron chi connectivity index (χ1n) is 5.12. The summed E-state index contributed by atoms with van der Waals surface area (Å²) in [7, 11) is -3.22. The van der Waals surface area contributed by atoms with E-state index in [9.17, 15) is 13.5 Å². The Morgan fingerprint density at radius 3 is 2.50 bits per heavy atom. The second kappa shape index (κ2) is 4.84. The van der Waals surface area contributed by atoms with Crippen LogP contribution >= 0.6 is 0 Å². The van der Waals surface area contributed by atoms with Crippen LogP contribution in [0.4, 0.5) is 0 Å². The number of benzene rings is 1. The molecule has 0 aliphatic heterocycles. The zero-order valence-electron chi connectivity index (χ0n) is 9.71. The van der Waals surface area contributed by atoms with Gasteiger partial charge in [-0.15, -0.1) is 0 Å². The van der Waals surface area contributed by atoms with Gasteiger partial charge in [0.2, 0.25) is 10.0 Å². The van der Waals surface area contributed by atoms with Gasteiger partial charge < -0.3 is 5.11 Å². The van der Waals surface area contributed by atoms with Gasteiger partial charge in [0.25, 0.3) is 0 Å². The minimum atomic E-state index is -3.22. The van der Waals surface area contributed by atoms with Gasteiger partial charge in [-0.25, -0.2) is 8.42 Å². The lowest BCUT2D eigenvalue weighted by Gasteiger charge is -2.25. The molecular formula is C11H17NO3S. The average Bonchev–Trinajstić information content (AvgIpc) is 2.16. The molecule has 90 valence electrons. The van der Waals surface area contributed by atoms with Crippen LogP contribution in [-0.2, 0) is 10.0 Å². The zero-order valence-corrected chi connectivity index (χ0v) is 10.5. The van der Waals surface area contributed by atoms with Gasteiger partial charge in [0.1, 0.15) is 5.75 Å². The molecule has 1 rings (SSSR count). The van der Waals surface area contributed by atoms with Crippen LogP contribution in [0.15, 0.2) is 24.3 Å². The third kappa shape index (κ3) is 2.96. The predicted molar refractivity (Wildman–Crippen MR) is 63.7 cm³/mol. The Labute approximate surface area is 96.6 Å². The van der Waals surface area contributed by atoms with Gasteiger partial charge in [-0.2, -0.15) is 4.31 Å². The van der Waals surface area contributed by atoms with Crippen molar-refractivity contribution >= 4 is 10.0 Å². The van der Waals surface area contributed by atoms with Crippen molar-refractivity contribution < 1.29 is 13.5 Å². The van der Waals surface area contributed by atoms with E-state index in [1.54, 1.807) is 38.1 Å². The van der Waals surface area contributed by atoms with Crippen molar-refractivity contribution in [3.63, 3.8) is 0 Å². The second-order valence-electron chi connectivity index (χ2n) is 3.74. The van der Waals surface area contributed by atoms with Crippen molar-refractivity contribution in [1.29, 1.82) is 0 Å². The van der Waals surface area contributed by atoms with E-state index in [0.717, 1.165) is 5.56 Å². The summed E-state index contributed by atoms with van der Waals surface area (Å²) in [6.45, 7) is 4.01. The summed E-state index contributed by atoms with van der Waals surface area (Å²) in [6.07, 6.45) is 1.19. The Hall–Kier alpha value is -1.07. The van der Waals surface area contributed by atoms with Gasteiger partial charge in [0.05, 0.1) is 6.26 Å². The molecule has 4 nitrogen and oxygen atoms in total. The summed E-state index contributed by atoms with van der Waals surface area (Å²) >= 11 is 0. The summed E-state index contributed by atoms with van der Waals surface area (Å²) in [5.41, 5.74) is 0.785. The highest BCUT2D eigenvalue weighted by molar-refractivity contribution is 7.88. The number of sulfonamides is 1. The Bertz CT molecular complexity index is 456. The monoisotopic (exact) mass is 243 g/mol. The zero-order chi connectivity index (χ0) is 12.3. The molecule has 0 fully saturated rings. The quantitative estimate of drug-likeness (QED) is 0.876. The summed E-state index contributed by atoms with van der Waals surface area (Å²) < 4.78 is 24.4. The van der Waals surface area contributed by atoms with Crippen molar-refractivity contribution in [2.24, 2.45) is 0 Å². The number of rotatable bonds is 4. The van der Waals surface area contributed by atoms with Crippen LogP contribution < -0.4 is 0 Å². The van der Waals surface area contributed by atoms with Crippen LogP contribution in [0.2, 0.25) is 0 Å². The number of hydrogen-bond donors (Lipinski definition) is 1. The minimum absolute atomic E-state index is 0.147. The molecule has 0 aromatic heterocycles. The summed E-state index contributed by atoms with van der Waals surface area (Å²) in [5.74, 6) is 0.147. The van der Waals surface area contributed by atoms with E-state index >= 15 is 0 Å². The second-order valence-corrected chi connectivity index (χ2v) is 5.67. The highest BCUT2D eigenvalue weighted by Gasteiger charge is 2.22. The van der Waals surface area contributed by atoms with Gasteiger partial charge in [-0.1, -0.05) is 19.1 Å². The van der Waals surface area contributed by atoms with Crippen LogP contribution in [0, 0.1) is 0 Å². The number of phenols is 1. The molecule has 0 aliphatic carbocycles. The van der Waals surface area contributed by atoms with E-state index in [4.69, 9.17) is 0 Å². The molecule has 1 aromatic rings. The minimum Gasteiger partial charge on any atom is -0.508 e. The molecule has 1 aromatic carbocycles. The van der Waals surface area contributed by atoms with Crippen LogP contribution in [0.5, 0.6) is 5.75 Å².